The molecule has 3 aliphatic heterocycles. The minimum absolute atomic E-state index is 0.120. The van der Waals surface area contributed by atoms with E-state index < -0.39 is 17.7 Å². The monoisotopic (exact) mass is 789 g/mol. The van der Waals surface area contributed by atoms with Crippen molar-refractivity contribution in [3.05, 3.63) is 65.9 Å². The van der Waals surface area contributed by atoms with Gasteiger partial charge in [-0.3, -0.25) is 9.69 Å². The average Bonchev–Trinajstić information content (AvgIpc) is 3.66. The maximum Gasteiger partial charge on any atom is 0.411 e. The van der Waals surface area contributed by atoms with E-state index in [1.54, 1.807) is 7.11 Å². The van der Waals surface area contributed by atoms with E-state index in [0.29, 0.717) is 37.9 Å². The third-order valence-electron chi connectivity index (χ3n) is 12.1. The van der Waals surface area contributed by atoms with Gasteiger partial charge in [-0.05, 0) is 98.2 Å². The molecular formula is C44H51N7O7. The molecule has 0 spiro atoms. The number of carbonyl (C=O) groups is 3. The van der Waals surface area contributed by atoms with Crippen LogP contribution in [0.25, 0.3) is 44.2 Å². The van der Waals surface area contributed by atoms with Crippen LogP contribution in [0.1, 0.15) is 83.2 Å². The van der Waals surface area contributed by atoms with E-state index in [1.165, 1.54) is 7.11 Å². The Morgan fingerprint density at radius 2 is 1.81 bits per heavy atom. The number of likely N-dealkylation sites (tertiary alicyclic amines) is 2. The molecule has 0 unspecified atom stereocenters. The normalized spacial score (nSPS) is 22.7. The highest BCUT2D eigenvalue weighted by Crippen LogP contribution is 2.54. The van der Waals surface area contributed by atoms with E-state index in [1.807, 2.05) is 56.7 Å². The maximum atomic E-state index is 13.9. The Hall–Kier alpha value is -5.63. The summed E-state index contributed by atoms with van der Waals surface area (Å²) in [6, 6.07) is 13.8. The summed E-state index contributed by atoms with van der Waals surface area (Å²) in [6.45, 7) is 10.9. The summed E-state index contributed by atoms with van der Waals surface area (Å²) in [4.78, 5) is 60.0. The fourth-order valence-corrected chi connectivity index (χ4v) is 9.23. The van der Waals surface area contributed by atoms with Crippen molar-refractivity contribution in [3.63, 3.8) is 0 Å². The van der Waals surface area contributed by atoms with Crippen LogP contribution in [-0.4, -0.2) is 92.9 Å². The lowest BCUT2D eigenvalue weighted by molar-refractivity contribution is -0.135. The summed E-state index contributed by atoms with van der Waals surface area (Å²) in [5.41, 5.74) is 6.17. The van der Waals surface area contributed by atoms with Crippen LogP contribution >= 0.6 is 0 Å². The lowest BCUT2D eigenvalue weighted by atomic mass is 9.92. The number of benzene rings is 3. The molecule has 1 aliphatic carbocycles. The topological polar surface area (TPSA) is 164 Å². The van der Waals surface area contributed by atoms with Crippen molar-refractivity contribution in [2.45, 2.75) is 90.3 Å². The number of hydrogen-bond donors (Lipinski definition) is 3. The summed E-state index contributed by atoms with van der Waals surface area (Å²) < 4.78 is 22.5. The van der Waals surface area contributed by atoms with E-state index >= 15 is 0 Å². The largest absolute Gasteiger partial charge is 0.488 e. The van der Waals surface area contributed by atoms with Gasteiger partial charge in [0, 0.05) is 36.6 Å². The maximum absolute atomic E-state index is 13.9. The molecule has 3 N–H and O–H groups in total. The Bertz CT molecular complexity index is 2430. The Labute approximate surface area is 337 Å². The molecule has 58 heavy (non-hydrogen) atoms. The standard InChI is InChI=1S/C44H51N7O7/c1-22(2)37(49-42(53)56-7)41(52)50-19-23(20-55-6)12-34(50)39-45-18-32(47-39)25-8-10-28-27(13-25)21-57-36-17-29-24(14-30(28)36)9-11-31-38(29)48-40(46-31)35-16-26-15-33(26)51(35)43(54)58-44(3,4)5/h8-11,13-14,17-18,22-23,26,33-35,37H,12,15-16,19-21H2,1-7H3,(H,45,47)(H,46,48)(H,49,53)/t23-,26+,33+,34-,35-,37-/m0/s1. The van der Waals surface area contributed by atoms with Crippen LogP contribution in [0.2, 0.25) is 0 Å². The number of alkyl carbamates (subject to hydrolysis) is 1. The number of imidazole rings is 2. The van der Waals surface area contributed by atoms with Gasteiger partial charge in [0.25, 0.3) is 0 Å². The first-order valence-electron chi connectivity index (χ1n) is 20.2. The summed E-state index contributed by atoms with van der Waals surface area (Å²) in [6.07, 6.45) is 3.46. The van der Waals surface area contributed by atoms with E-state index in [0.717, 1.165) is 74.2 Å². The Kier molecular flexibility index (Phi) is 9.37. The molecule has 3 fully saturated rings. The smallest absolute Gasteiger partial charge is 0.411 e. The van der Waals surface area contributed by atoms with Crippen molar-refractivity contribution in [3.8, 4) is 28.1 Å². The van der Waals surface area contributed by atoms with Crippen LogP contribution in [-0.2, 0) is 25.6 Å². The predicted molar refractivity (Wildman–Crippen MR) is 217 cm³/mol. The summed E-state index contributed by atoms with van der Waals surface area (Å²) >= 11 is 0. The quantitative estimate of drug-likeness (QED) is 0.143. The SMILES string of the molecule is COC[C@H]1C[C@@H](c2ncc(-c3ccc4c(c3)COc3cc5c(ccc6nc([C@@H]7C[C@H]8C[C@H]8N7C(=O)OC(C)(C)C)[nH]c65)cc3-4)[nH]2)N(C(=O)[C@@H](NC(=O)OC)C(C)C)C1. The highest BCUT2D eigenvalue weighted by atomic mass is 16.6. The molecule has 14 nitrogen and oxygen atoms in total. The van der Waals surface area contributed by atoms with Crippen molar-refractivity contribution in [1.82, 2.24) is 35.1 Å². The van der Waals surface area contributed by atoms with Gasteiger partial charge in [-0.1, -0.05) is 32.0 Å². The third kappa shape index (κ3) is 6.80. The second kappa shape index (κ2) is 14.3. The Morgan fingerprint density at radius 3 is 2.57 bits per heavy atom. The first-order valence-corrected chi connectivity index (χ1v) is 20.2. The molecule has 1 saturated carbocycles. The van der Waals surface area contributed by atoms with Crippen LogP contribution in [0.5, 0.6) is 5.75 Å². The van der Waals surface area contributed by atoms with Crippen molar-refractivity contribution in [2.24, 2.45) is 17.8 Å². The molecule has 4 aliphatic rings. The number of carbonyl (C=O) groups excluding carboxylic acids is 3. The minimum atomic E-state index is -0.742. The lowest BCUT2D eigenvalue weighted by Crippen LogP contribution is -2.51. The summed E-state index contributed by atoms with van der Waals surface area (Å²) in [7, 11) is 2.95. The van der Waals surface area contributed by atoms with Crippen molar-refractivity contribution >= 4 is 39.9 Å². The Balaban J connectivity index is 0.975. The third-order valence-corrected chi connectivity index (χ3v) is 12.1. The number of amides is 3. The van der Waals surface area contributed by atoms with E-state index in [2.05, 4.69) is 51.7 Å². The molecule has 9 rings (SSSR count). The van der Waals surface area contributed by atoms with E-state index in [4.69, 9.17) is 28.9 Å². The van der Waals surface area contributed by atoms with Crippen molar-refractivity contribution < 1.29 is 33.3 Å². The van der Waals surface area contributed by atoms with Gasteiger partial charge >= 0.3 is 12.2 Å². The highest BCUT2D eigenvalue weighted by Gasteiger charge is 2.56. The number of aromatic nitrogens is 4. The first kappa shape index (κ1) is 37.9. The van der Waals surface area contributed by atoms with Gasteiger partial charge in [0.15, 0.2) is 0 Å². The van der Waals surface area contributed by atoms with Gasteiger partial charge in [-0.25, -0.2) is 19.6 Å². The number of rotatable bonds is 8. The lowest BCUT2D eigenvalue weighted by Gasteiger charge is -2.30. The van der Waals surface area contributed by atoms with Crippen LogP contribution < -0.4 is 10.1 Å². The molecule has 5 heterocycles. The Morgan fingerprint density at radius 1 is 0.983 bits per heavy atom. The molecule has 0 bridgehead atoms. The minimum Gasteiger partial charge on any atom is -0.488 e. The number of fused-ring (bicyclic) bond motifs is 7. The second-order valence-corrected chi connectivity index (χ2v) is 17.6. The second-order valence-electron chi connectivity index (χ2n) is 17.6. The highest BCUT2D eigenvalue weighted by molar-refractivity contribution is 6.07. The van der Waals surface area contributed by atoms with Crippen LogP contribution in [0.4, 0.5) is 9.59 Å². The molecule has 3 amide bonds. The van der Waals surface area contributed by atoms with Crippen LogP contribution in [0.3, 0.4) is 0 Å². The van der Waals surface area contributed by atoms with E-state index in [9.17, 15) is 14.4 Å². The van der Waals surface area contributed by atoms with Crippen LogP contribution in [0, 0.1) is 17.8 Å². The first-order chi connectivity index (χ1) is 27.8. The number of piperidine rings is 1. The molecule has 14 heteroatoms. The molecule has 3 aromatic carbocycles. The zero-order valence-electron chi connectivity index (χ0n) is 34.0. The zero-order valence-corrected chi connectivity index (χ0v) is 34.0. The molecule has 6 atom stereocenters. The summed E-state index contributed by atoms with van der Waals surface area (Å²) in [5.74, 6) is 2.56. The fourth-order valence-electron chi connectivity index (χ4n) is 9.23. The average molecular weight is 790 g/mol. The number of aromatic amines is 2. The van der Waals surface area contributed by atoms with Gasteiger partial charge in [0.2, 0.25) is 5.91 Å². The number of hydrogen-bond acceptors (Lipinski definition) is 9. The van der Waals surface area contributed by atoms with Crippen molar-refractivity contribution in [1.29, 1.82) is 0 Å². The predicted octanol–water partition coefficient (Wildman–Crippen LogP) is 7.65. The van der Waals surface area contributed by atoms with Gasteiger partial charge in [0.05, 0.1) is 48.7 Å². The molecular weight excluding hydrogens is 739 g/mol. The van der Waals surface area contributed by atoms with Gasteiger partial charge < -0.3 is 39.1 Å². The molecule has 2 aromatic heterocycles. The summed E-state index contributed by atoms with van der Waals surface area (Å²) in [5, 5.41) is 4.80. The van der Waals surface area contributed by atoms with E-state index in [-0.39, 0.29) is 42.0 Å². The zero-order chi connectivity index (χ0) is 40.6. The number of methoxy groups -OCH3 is 2. The van der Waals surface area contributed by atoms with Gasteiger partial charge in [-0.2, -0.15) is 0 Å². The van der Waals surface area contributed by atoms with Gasteiger partial charge in [-0.15, -0.1) is 0 Å². The fraction of sp³-hybridized carbons (Fsp3) is 0.477. The van der Waals surface area contributed by atoms with Crippen LogP contribution in [0.15, 0.2) is 48.7 Å². The molecule has 5 aromatic rings. The number of ether oxygens (including phenoxy) is 4. The molecule has 0 radical (unpaired) electrons. The number of nitrogens with one attached hydrogen (secondary N) is 3. The van der Waals surface area contributed by atoms with Crippen molar-refractivity contribution in [2.75, 3.05) is 27.4 Å². The molecule has 2 saturated heterocycles. The number of H-pyrrole nitrogens is 2. The van der Waals surface area contributed by atoms with Gasteiger partial charge in [0.1, 0.15) is 35.6 Å². The molecule has 304 valence electrons. The number of nitrogens with zero attached hydrogens (tertiary/aromatic N) is 4.